The maximum absolute atomic E-state index is 12.9. The molecule has 190 valence electrons. The average molecular weight is 540 g/mol. The maximum Gasteiger partial charge on any atom is 0.266 e. The first-order valence-corrected chi connectivity index (χ1v) is 13.2. The van der Waals surface area contributed by atoms with E-state index in [0.717, 1.165) is 11.3 Å². The number of benzene rings is 1. The maximum atomic E-state index is 12.9. The molecule has 1 aliphatic heterocycles. The Morgan fingerprint density at radius 1 is 1.11 bits per heavy atom. The monoisotopic (exact) mass is 539 g/mol. The third kappa shape index (κ3) is 5.32. The first kappa shape index (κ1) is 24.8. The predicted molar refractivity (Wildman–Crippen MR) is 135 cm³/mol. The number of oxazole rings is 1. The molecule has 5 rings (SSSR count). The van der Waals surface area contributed by atoms with Gasteiger partial charge in [0.1, 0.15) is 34.2 Å². The number of anilines is 1. The van der Waals surface area contributed by atoms with Gasteiger partial charge in [0.25, 0.3) is 5.89 Å². The molecule has 0 N–H and O–H groups in total. The molecule has 4 aromatic rings. The van der Waals surface area contributed by atoms with Crippen molar-refractivity contribution < 1.29 is 22.0 Å². The zero-order valence-electron chi connectivity index (χ0n) is 19.8. The summed E-state index contributed by atoms with van der Waals surface area (Å²) < 4.78 is 44.7. The lowest BCUT2D eigenvalue weighted by Crippen LogP contribution is -2.48. The fourth-order valence-corrected chi connectivity index (χ4v) is 5.41. The Kier molecular flexibility index (Phi) is 6.88. The second-order valence-electron chi connectivity index (χ2n) is 8.36. The van der Waals surface area contributed by atoms with Crippen LogP contribution in [0.5, 0.6) is 5.75 Å². The van der Waals surface area contributed by atoms with E-state index in [0.29, 0.717) is 24.6 Å². The quantitative estimate of drug-likeness (QED) is 0.317. The van der Waals surface area contributed by atoms with Gasteiger partial charge >= 0.3 is 0 Å². The van der Waals surface area contributed by atoms with Gasteiger partial charge in [0.15, 0.2) is 5.76 Å². The van der Waals surface area contributed by atoms with Crippen LogP contribution in [0.4, 0.5) is 5.88 Å². The molecule has 0 amide bonds. The van der Waals surface area contributed by atoms with Gasteiger partial charge in [0, 0.05) is 32.4 Å². The van der Waals surface area contributed by atoms with Crippen LogP contribution in [-0.4, -0.2) is 48.9 Å². The van der Waals surface area contributed by atoms with Crippen LogP contribution in [0, 0.1) is 18.3 Å². The van der Waals surface area contributed by atoms with Crippen LogP contribution in [0.3, 0.4) is 0 Å². The normalized spacial score (nSPS) is 14.5. The Morgan fingerprint density at radius 3 is 2.62 bits per heavy atom. The lowest BCUT2D eigenvalue weighted by Gasteiger charge is -2.33. The number of furan rings is 1. The summed E-state index contributed by atoms with van der Waals surface area (Å²) in [5.41, 5.74) is 1.19. The van der Waals surface area contributed by atoms with E-state index in [9.17, 15) is 13.7 Å². The van der Waals surface area contributed by atoms with Gasteiger partial charge in [-0.15, -0.1) is 0 Å². The van der Waals surface area contributed by atoms with Gasteiger partial charge in [0.2, 0.25) is 21.6 Å². The molecule has 10 nitrogen and oxygen atoms in total. The molecule has 1 aliphatic rings. The number of nitriles is 1. The zero-order valence-corrected chi connectivity index (χ0v) is 21.4. The number of sulfonamides is 1. The second kappa shape index (κ2) is 10.3. The molecule has 12 heteroatoms. The van der Waals surface area contributed by atoms with Crippen molar-refractivity contribution in [2.75, 3.05) is 31.1 Å². The van der Waals surface area contributed by atoms with E-state index in [1.54, 1.807) is 17.0 Å². The Balaban J connectivity index is 1.26. The van der Waals surface area contributed by atoms with Gasteiger partial charge in [-0.05, 0) is 48.9 Å². The van der Waals surface area contributed by atoms with Crippen molar-refractivity contribution in [2.45, 2.75) is 18.4 Å². The minimum Gasteiger partial charge on any atom is -0.486 e. The number of hydrogen-bond donors (Lipinski definition) is 0. The molecule has 4 heterocycles. The highest BCUT2D eigenvalue weighted by molar-refractivity contribution is 7.89. The van der Waals surface area contributed by atoms with E-state index in [4.69, 9.17) is 25.2 Å². The summed E-state index contributed by atoms with van der Waals surface area (Å²) in [6.07, 6.45) is 1.24. The molecule has 0 bridgehead atoms. The van der Waals surface area contributed by atoms with Gasteiger partial charge < -0.3 is 18.5 Å². The number of ether oxygens (including phenoxy) is 1. The number of halogens is 1. The zero-order chi connectivity index (χ0) is 26.0. The van der Waals surface area contributed by atoms with Crippen molar-refractivity contribution in [2.24, 2.45) is 0 Å². The molecule has 0 saturated carbocycles. The van der Waals surface area contributed by atoms with E-state index in [1.807, 2.05) is 37.3 Å². The Labute approximate surface area is 218 Å². The van der Waals surface area contributed by atoms with Crippen LogP contribution in [-0.2, 0) is 16.6 Å². The molecular formula is C25H22ClN5O5S. The largest absolute Gasteiger partial charge is 0.486 e. The van der Waals surface area contributed by atoms with Gasteiger partial charge in [-0.2, -0.15) is 14.6 Å². The van der Waals surface area contributed by atoms with Crippen molar-refractivity contribution in [3.05, 3.63) is 76.9 Å². The number of hydrogen-bond acceptors (Lipinski definition) is 9. The SMILES string of the molecule is Cc1cccc(OCc2ccc(-c3nc(C#N)c(N4CCN(S(=O)(=O)c5ccc(Cl)nc5)CC4)o3)o2)c1. The standard InChI is InChI=1S/C25H22ClN5O5S/c1-17-3-2-4-18(13-17)34-16-19-5-7-22(35-19)24-29-21(14-27)25(36-24)30-9-11-31(12-10-30)37(32,33)20-6-8-23(26)28-15-20/h2-8,13,15H,9-12,16H2,1H3. The topological polar surface area (TPSA) is 126 Å². The molecule has 37 heavy (non-hydrogen) atoms. The Hall–Kier alpha value is -3.85. The molecule has 0 unspecified atom stereocenters. The fraction of sp³-hybridized carbons (Fsp3) is 0.240. The average Bonchev–Trinajstić information content (AvgIpc) is 3.55. The predicted octanol–water partition coefficient (Wildman–Crippen LogP) is 4.25. The number of piperazine rings is 1. The molecule has 0 radical (unpaired) electrons. The van der Waals surface area contributed by atoms with Crippen LogP contribution >= 0.6 is 11.6 Å². The number of rotatable bonds is 7. The third-order valence-corrected chi connectivity index (χ3v) is 7.93. The number of nitrogens with zero attached hydrogens (tertiary/aromatic N) is 5. The highest BCUT2D eigenvalue weighted by atomic mass is 35.5. The highest BCUT2D eigenvalue weighted by Crippen LogP contribution is 2.31. The van der Waals surface area contributed by atoms with Gasteiger partial charge in [-0.1, -0.05) is 23.7 Å². The van der Waals surface area contributed by atoms with E-state index >= 15 is 0 Å². The van der Waals surface area contributed by atoms with Crippen molar-refractivity contribution in [1.29, 1.82) is 5.26 Å². The molecule has 3 aromatic heterocycles. The lowest BCUT2D eigenvalue weighted by atomic mass is 10.2. The summed E-state index contributed by atoms with van der Waals surface area (Å²) in [5.74, 6) is 2.11. The molecule has 0 spiro atoms. The first-order valence-electron chi connectivity index (χ1n) is 11.4. The Morgan fingerprint density at radius 2 is 1.92 bits per heavy atom. The summed E-state index contributed by atoms with van der Waals surface area (Å²) in [5, 5.41) is 9.84. The minimum atomic E-state index is -3.72. The van der Waals surface area contributed by atoms with Crippen molar-refractivity contribution in [3.63, 3.8) is 0 Å². The molecular weight excluding hydrogens is 518 g/mol. The third-order valence-electron chi connectivity index (χ3n) is 5.82. The highest BCUT2D eigenvalue weighted by Gasteiger charge is 2.31. The molecule has 0 aliphatic carbocycles. The number of aromatic nitrogens is 2. The smallest absolute Gasteiger partial charge is 0.266 e. The molecule has 0 atom stereocenters. The van der Waals surface area contributed by atoms with Crippen molar-refractivity contribution in [3.8, 4) is 23.5 Å². The van der Waals surface area contributed by atoms with Crippen LogP contribution in [0.1, 0.15) is 17.0 Å². The summed E-state index contributed by atoms with van der Waals surface area (Å²) in [7, 11) is -3.72. The summed E-state index contributed by atoms with van der Waals surface area (Å²) in [6.45, 7) is 3.25. The van der Waals surface area contributed by atoms with Gasteiger partial charge in [-0.25, -0.2) is 13.4 Å². The summed E-state index contributed by atoms with van der Waals surface area (Å²) in [4.78, 5) is 10.0. The van der Waals surface area contributed by atoms with Crippen molar-refractivity contribution >= 4 is 27.5 Å². The van der Waals surface area contributed by atoms with E-state index in [1.165, 1.54) is 22.6 Å². The van der Waals surface area contributed by atoms with Crippen LogP contribution < -0.4 is 9.64 Å². The van der Waals surface area contributed by atoms with Gasteiger partial charge in [-0.3, -0.25) is 0 Å². The number of pyridine rings is 1. The summed E-state index contributed by atoms with van der Waals surface area (Å²) >= 11 is 5.78. The first-order chi connectivity index (χ1) is 17.8. The van der Waals surface area contributed by atoms with E-state index in [2.05, 4.69) is 9.97 Å². The van der Waals surface area contributed by atoms with Crippen LogP contribution in [0.25, 0.3) is 11.7 Å². The van der Waals surface area contributed by atoms with Crippen molar-refractivity contribution in [1.82, 2.24) is 14.3 Å². The van der Waals surface area contributed by atoms with E-state index in [-0.39, 0.29) is 47.2 Å². The van der Waals surface area contributed by atoms with Gasteiger partial charge in [0.05, 0.1) is 0 Å². The molecule has 1 aromatic carbocycles. The number of aryl methyl sites for hydroxylation is 1. The fourth-order valence-electron chi connectivity index (χ4n) is 3.93. The lowest BCUT2D eigenvalue weighted by molar-refractivity contribution is 0.271. The van der Waals surface area contributed by atoms with E-state index < -0.39 is 10.0 Å². The minimum absolute atomic E-state index is 0.0741. The molecule has 1 fully saturated rings. The van der Waals surface area contributed by atoms with Crippen LogP contribution in [0.15, 0.2) is 68.5 Å². The second-order valence-corrected chi connectivity index (χ2v) is 10.7. The Bertz CT molecular complexity index is 1550. The van der Waals surface area contributed by atoms with Crippen LogP contribution in [0.2, 0.25) is 5.15 Å². The molecule has 1 saturated heterocycles. The summed E-state index contributed by atoms with van der Waals surface area (Å²) in [6, 6.07) is 16.1.